The summed E-state index contributed by atoms with van der Waals surface area (Å²) in [6.07, 6.45) is 12.5. The monoisotopic (exact) mass is 389 g/mol. The Bertz CT molecular complexity index is 879. The minimum absolute atomic E-state index is 0.916. The Balaban J connectivity index is 2.20. The number of hydrogen-bond donors (Lipinski definition) is 1. The summed E-state index contributed by atoms with van der Waals surface area (Å²) in [6, 6.07) is 6.39. The standard InChI is InChI=1S/C26H35N3/c1-8-10-11-20(4)27-18-22(9-2)24-13-12-19(3)26(17-24)28-21(5)23-14-15-25(16-23)29(6)7/h9,12-14,16-18,28H,2,5,8,10-11,15H2,1,3-4,6-7H3/b22-18+,27-20?. The van der Waals surface area contributed by atoms with E-state index in [1.54, 1.807) is 0 Å². The van der Waals surface area contributed by atoms with Crippen LogP contribution in [0.25, 0.3) is 5.57 Å². The highest BCUT2D eigenvalue weighted by Gasteiger charge is 2.12. The van der Waals surface area contributed by atoms with E-state index in [0.717, 1.165) is 46.6 Å². The third-order valence-corrected chi connectivity index (χ3v) is 5.17. The predicted octanol–water partition coefficient (Wildman–Crippen LogP) is 6.87. The molecule has 0 amide bonds. The Hall–Kier alpha value is -2.81. The minimum atomic E-state index is 0.916. The molecule has 0 aliphatic heterocycles. The number of rotatable bonds is 10. The molecule has 0 heterocycles. The van der Waals surface area contributed by atoms with E-state index in [4.69, 9.17) is 0 Å². The summed E-state index contributed by atoms with van der Waals surface area (Å²) < 4.78 is 0. The van der Waals surface area contributed by atoms with Gasteiger partial charge >= 0.3 is 0 Å². The van der Waals surface area contributed by atoms with E-state index in [0.29, 0.717) is 0 Å². The summed E-state index contributed by atoms with van der Waals surface area (Å²) in [6.45, 7) is 14.6. The van der Waals surface area contributed by atoms with Crippen LogP contribution in [0.2, 0.25) is 0 Å². The number of unbranched alkanes of at least 4 members (excludes halogenated alkanes) is 1. The van der Waals surface area contributed by atoms with Gasteiger partial charge in [-0.05, 0) is 61.1 Å². The van der Waals surface area contributed by atoms with Crippen molar-refractivity contribution in [3.8, 4) is 0 Å². The first-order valence-corrected chi connectivity index (χ1v) is 10.4. The molecule has 2 rings (SSSR count). The van der Waals surface area contributed by atoms with Crippen molar-refractivity contribution in [3.05, 3.63) is 83.9 Å². The normalized spacial score (nSPS) is 14.4. The van der Waals surface area contributed by atoms with Gasteiger partial charge in [0.05, 0.1) is 0 Å². The lowest BCUT2D eigenvalue weighted by Gasteiger charge is -2.15. The average molecular weight is 390 g/mol. The van der Waals surface area contributed by atoms with E-state index >= 15 is 0 Å². The summed E-state index contributed by atoms with van der Waals surface area (Å²) in [5, 5.41) is 3.50. The number of nitrogens with zero attached hydrogens (tertiary/aromatic N) is 2. The lowest BCUT2D eigenvalue weighted by atomic mass is 10.0. The molecule has 0 unspecified atom stereocenters. The summed E-state index contributed by atoms with van der Waals surface area (Å²) >= 11 is 0. The molecule has 3 heteroatoms. The first kappa shape index (κ1) is 22.5. The lowest BCUT2D eigenvalue weighted by molar-refractivity contribution is 0.504. The highest BCUT2D eigenvalue weighted by molar-refractivity contribution is 5.84. The van der Waals surface area contributed by atoms with Gasteiger partial charge in [-0.1, -0.05) is 50.8 Å². The second kappa shape index (κ2) is 10.7. The number of allylic oxidation sites excluding steroid dienone is 4. The maximum Gasteiger partial charge on any atom is 0.0420 e. The van der Waals surface area contributed by atoms with E-state index in [1.165, 1.54) is 24.1 Å². The highest BCUT2D eigenvalue weighted by atomic mass is 15.1. The fourth-order valence-corrected chi connectivity index (χ4v) is 3.13. The molecule has 1 aliphatic rings. The van der Waals surface area contributed by atoms with Gasteiger partial charge in [-0.15, -0.1) is 0 Å². The SMILES string of the molecule is C=C/C(=C\N=C(C)CCCC)c1ccc(C)c(NC(=C)C2=CCC(N(C)C)=C2)c1. The first-order valence-electron chi connectivity index (χ1n) is 10.4. The van der Waals surface area contributed by atoms with Gasteiger partial charge in [0.2, 0.25) is 0 Å². The molecule has 1 aliphatic carbocycles. The molecular formula is C26H35N3. The predicted molar refractivity (Wildman–Crippen MR) is 129 cm³/mol. The van der Waals surface area contributed by atoms with Gasteiger partial charge in [0.25, 0.3) is 0 Å². The van der Waals surface area contributed by atoms with E-state index in [9.17, 15) is 0 Å². The number of hydrogen-bond acceptors (Lipinski definition) is 3. The molecule has 3 nitrogen and oxygen atoms in total. The Labute approximate surface area is 176 Å². The summed E-state index contributed by atoms with van der Waals surface area (Å²) in [5.41, 5.74) is 8.86. The van der Waals surface area contributed by atoms with E-state index in [1.807, 2.05) is 12.3 Å². The molecule has 0 aromatic heterocycles. The molecule has 0 saturated carbocycles. The summed E-state index contributed by atoms with van der Waals surface area (Å²) in [4.78, 5) is 6.78. The zero-order valence-electron chi connectivity index (χ0n) is 18.7. The van der Waals surface area contributed by atoms with Crippen molar-refractivity contribution >= 4 is 17.0 Å². The minimum Gasteiger partial charge on any atom is -0.381 e. The number of anilines is 1. The van der Waals surface area contributed by atoms with Crippen LogP contribution in [0.1, 0.15) is 50.7 Å². The van der Waals surface area contributed by atoms with E-state index < -0.39 is 0 Å². The van der Waals surface area contributed by atoms with Gasteiger partial charge < -0.3 is 10.2 Å². The Morgan fingerprint density at radius 1 is 1.31 bits per heavy atom. The first-order chi connectivity index (χ1) is 13.8. The third-order valence-electron chi connectivity index (χ3n) is 5.17. The molecule has 0 radical (unpaired) electrons. The number of aliphatic imine (C=N–C) groups is 1. The van der Waals surface area contributed by atoms with Crippen LogP contribution < -0.4 is 5.32 Å². The van der Waals surface area contributed by atoms with Crippen molar-refractivity contribution in [1.29, 1.82) is 0 Å². The van der Waals surface area contributed by atoms with Crippen LogP contribution >= 0.6 is 0 Å². The van der Waals surface area contributed by atoms with Gasteiger partial charge in [-0.3, -0.25) is 4.99 Å². The van der Waals surface area contributed by atoms with Crippen LogP contribution in [0.5, 0.6) is 0 Å². The van der Waals surface area contributed by atoms with Gasteiger partial charge in [0.15, 0.2) is 0 Å². The van der Waals surface area contributed by atoms with E-state index in [2.05, 4.69) is 93.6 Å². The quantitative estimate of drug-likeness (QED) is 0.349. The van der Waals surface area contributed by atoms with Crippen LogP contribution in [0.4, 0.5) is 5.69 Å². The number of aryl methyl sites for hydroxylation is 1. The van der Waals surface area contributed by atoms with Crippen LogP contribution in [-0.4, -0.2) is 24.7 Å². The molecule has 29 heavy (non-hydrogen) atoms. The lowest BCUT2D eigenvalue weighted by Crippen LogP contribution is -2.09. The average Bonchev–Trinajstić information content (AvgIpc) is 3.19. The smallest absolute Gasteiger partial charge is 0.0420 e. The maximum absolute atomic E-state index is 4.63. The van der Waals surface area contributed by atoms with Crippen LogP contribution in [0, 0.1) is 6.92 Å². The number of nitrogens with one attached hydrogen (secondary N) is 1. The van der Waals surface area contributed by atoms with Crippen LogP contribution in [-0.2, 0) is 0 Å². The summed E-state index contributed by atoms with van der Waals surface area (Å²) in [5.74, 6) is 0. The van der Waals surface area contributed by atoms with Crippen molar-refractivity contribution in [2.75, 3.05) is 19.4 Å². The molecule has 0 bridgehead atoms. The zero-order valence-corrected chi connectivity index (χ0v) is 18.7. The molecule has 1 N–H and O–H groups in total. The highest BCUT2D eigenvalue weighted by Crippen LogP contribution is 2.28. The topological polar surface area (TPSA) is 27.6 Å². The van der Waals surface area contributed by atoms with Gasteiger partial charge in [0.1, 0.15) is 0 Å². The Morgan fingerprint density at radius 3 is 2.69 bits per heavy atom. The van der Waals surface area contributed by atoms with Crippen molar-refractivity contribution in [1.82, 2.24) is 4.90 Å². The zero-order chi connectivity index (χ0) is 21.4. The Kier molecular flexibility index (Phi) is 8.26. The van der Waals surface area contributed by atoms with Crippen molar-refractivity contribution < 1.29 is 0 Å². The van der Waals surface area contributed by atoms with E-state index in [-0.39, 0.29) is 0 Å². The molecule has 0 saturated heterocycles. The van der Waals surface area contributed by atoms with Crippen molar-refractivity contribution in [2.45, 2.75) is 46.5 Å². The van der Waals surface area contributed by atoms with Gasteiger partial charge in [0, 0.05) is 49.5 Å². The Morgan fingerprint density at radius 2 is 2.07 bits per heavy atom. The fourth-order valence-electron chi connectivity index (χ4n) is 3.13. The van der Waals surface area contributed by atoms with Gasteiger partial charge in [-0.25, -0.2) is 0 Å². The molecule has 1 aromatic rings. The molecule has 0 spiro atoms. The second-order valence-corrected chi connectivity index (χ2v) is 7.78. The second-order valence-electron chi connectivity index (χ2n) is 7.78. The van der Waals surface area contributed by atoms with Crippen molar-refractivity contribution in [3.63, 3.8) is 0 Å². The van der Waals surface area contributed by atoms with Gasteiger partial charge in [-0.2, -0.15) is 0 Å². The third kappa shape index (κ3) is 6.35. The fraction of sp³-hybridized carbons (Fsp3) is 0.346. The molecule has 0 fully saturated rings. The molecular weight excluding hydrogens is 354 g/mol. The summed E-state index contributed by atoms with van der Waals surface area (Å²) in [7, 11) is 4.14. The maximum atomic E-state index is 4.63. The molecule has 1 aromatic carbocycles. The molecule has 154 valence electrons. The van der Waals surface area contributed by atoms with Crippen molar-refractivity contribution in [2.24, 2.45) is 4.99 Å². The molecule has 0 atom stereocenters. The van der Waals surface area contributed by atoms with Crippen LogP contribution in [0.15, 0.2) is 77.7 Å². The largest absolute Gasteiger partial charge is 0.381 e. The van der Waals surface area contributed by atoms with Crippen LogP contribution in [0.3, 0.4) is 0 Å². The number of benzene rings is 1.